The van der Waals surface area contributed by atoms with Crippen molar-refractivity contribution in [3.05, 3.63) is 47.5 Å². The van der Waals surface area contributed by atoms with Gasteiger partial charge in [-0.15, -0.1) is 0 Å². The number of aldehydes is 1. The van der Waals surface area contributed by atoms with Crippen molar-refractivity contribution in [2.24, 2.45) is 11.3 Å². The number of ether oxygens (including phenoxy) is 1. The van der Waals surface area contributed by atoms with Gasteiger partial charge in [-0.05, 0) is 24.8 Å². The van der Waals surface area contributed by atoms with Gasteiger partial charge in [0.1, 0.15) is 6.29 Å². The van der Waals surface area contributed by atoms with Gasteiger partial charge in [-0.25, -0.2) is 0 Å². The fraction of sp³-hybridized carbons (Fsp3) is 0.375. The lowest BCUT2D eigenvalue weighted by atomic mass is 9.75. The van der Waals surface area contributed by atoms with Crippen molar-refractivity contribution >= 4 is 12.3 Å². The Morgan fingerprint density at radius 3 is 2.79 bits per heavy atom. The Morgan fingerprint density at radius 2 is 2.11 bits per heavy atom. The third kappa shape index (κ3) is 1.89. The van der Waals surface area contributed by atoms with Crippen LogP contribution in [-0.2, 0) is 16.0 Å². The molecule has 0 radical (unpaired) electrons. The van der Waals surface area contributed by atoms with E-state index in [4.69, 9.17) is 4.74 Å². The SMILES string of the molecule is C=C1CC2COC(=O)C2(Cc2ccc(C=O)cc2)C1. The molecule has 0 amide bonds. The third-order valence-corrected chi connectivity index (χ3v) is 4.34. The van der Waals surface area contributed by atoms with Crippen molar-refractivity contribution < 1.29 is 14.3 Å². The number of carbonyl (C=O) groups excluding carboxylic acids is 2. The number of allylic oxidation sites excluding steroid dienone is 1. The molecule has 3 nitrogen and oxygen atoms in total. The van der Waals surface area contributed by atoms with Gasteiger partial charge in [-0.3, -0.25) is 9.59 Å². The Hall–Kier alpha value is -1.90. The summed E-state index contributed by atoms with van der Waals surface area (Å²) in [5, 5.41) is 0. The molecule has 98 valence electrons. The van der Waals surface area contributed by atoms with Crippen molar-refractivity contribution in [1.82, 2.24) is 0 Å². The van der Waals surface area contributed by atoms with Crippen molar-refractivity contribution in [2.45, 2.75) is 19.3 Å². The van der Waals surface area contributed by atoms with Gasteiger partial charge in [-0.1, -0.05) is 36.4 Å². The standard InChI is InChI=1S/C16H16O3/c1-11-6-14-10-19-15(18)16(14,7-11)8-12-2-4-13(9-17)5-3-12/h2-5,9,14H,1,6-8,10H2. The summed E-state index contributed by atoms with van der Waals surface area (Å²) >= 11 is 0. The van der Waals surface area contributed by atoms with E-state index in [0.29, 0.717) is 18.6 Å². The molecule has 2 aliphatic rings. The monoisotopic (exact) mass is 256 g/mol. The first kappa shape index (κ1) is 12.2. The van der Waals surface area contributed by atoms with E-state index in [0.717, 1.165) is 30.3 Å². The Morgan fingerprint density at radius 1 is 1.37 bits per heavy atom. The maximum Gasteiger partial charge on any atom is 0.313 e. The van der Waals surface area contributed by atoms with Gasteiger partial charge in [0.15, 0.2) is 0 Å². The Kier molecular flexibility index (Phi) is 2.77. The lowest BCUT2D eigenvalue weighted by Crippen LogP contribution is -2.31. The van der Waals surface area contributed by atoms with E-state index in [2.05, 4.69) is 6.58 Å². The van der Waals surface area contributed by atoms with Crippen LogP contribution in [0.3, 0.4) is 0 Å². The maximum atomic E-state index is 12.1. The lowest BCUT2D eigenvalue weighted by Gasteiger charge is -2.23. The molecule has 1 aromatic carbocycles. The predicted octanol–water partition coefficient (Wildman–Crippen LogP) is 2.55. The zero-order valence-electron chi connectivity index (χ0n) is 10.7. The molecule has 0 aromatic heterocycles. The van der Waals surface area contributed by atoms with Gasteiger partial charge in [-0.2, -0.15) is 0 Å². The lowest BCUT2D eigenvalue weighted by molar-refractivity contribution is -0.146. The average Bonchev–Trinajstić information content (AvgIpc) is 2.87. The Bertz CT molecular complexity index is 544. The molecule has 19 heavy (non-hydrogen) atoms. The molecule has 2 atom stereocenters. The van der Waals surface area contributed by atoms with Crippen LogP contribution in [0.15, 0.2) is 36.4 Å². The zero-order valence-corrected chi connectivity index (χ0v) is 10.7. The smallest absolute Gasteiger partial charge is 0.313 e. The molecule has 2 fully saturated rings. The number of rotatable bonds is 3. The molecule has 2 unspecified atom stereocenters. The van der Waals surface area contributed by atoms with Crippen molar-refractivity contribution in [2.75, 3.05) is 6.61 Å². The fourth-order valence-electron chi connectivity index (χ4n) is 3.34. The van der Waals surface area contributed by atoms with E-state index < -0.39 is 5.41 Å². The number of benzene rings is 1. The molecule has 1 saturated carbocycles. The molecule has 1 aliphatic carbocycles. The van der Waals surface area contributed by atoms with E-state index >= 15 is 0 Å². The summed E-state index contributed by atoms with van der Waals surface area (Å²) in [6.07, 6.45) is 3.12. The van der Waals surface area contributed by atoms with Crippen LogP contribution < -0.4 is 0 Å². The van der Waals surface area contributed by atoms with Gasteiger partial charge in [0, 0.05) is 11.5 Å². The van der Waals surface area contributed by atoms with Crippen LogP contribution in [0, 0.1) is 11.3 Å². The van der Waals surface area contributed by atoms with E-state index in [-0.39, 0.29) is 11.9 Å². The first-order valence-electron chi connectivity index (χ1n) is 6.52. The molecule has 1 aromatic rings. The summed E-state index contributed by atoms with van der Waals surface area (Å²) < 4.78 is 5.25. The summed E-state index contributed by atoms with van der Waals surface area (Å²) in [6.45, 7) is 4.55. The first-order chi connectivity index (χ1) is 9.14. The minimum absolute atomic E-state index is 0.0874. The van der Waals surface area contributed by atoms with Crippen LogP contribution in [0.4, 0.5) is 0 Å². The second kappa shape index (κ2) is 4.34. The first-order valence-corrected chi connectivity index (χ1v) is 6.52. The normalized spacial score (nSPS) is 29.2. The van der Waals surface area contributed by atoms with E-state index in [9.17, 15) is 9.59 Å². The molecule has 1 aliphatic heterocycles. The maximum absolute atomic E-state index is 12.1. The summed E-state index contributed by atoms with van der Waals surface area (Å²) in [5.74, 6) is 0.175. The Balaban J connectivity index is 1.89. The van der Waals surface area contributed by atoms with Crippen LogP contribution >= 0.6 is 0 Å². The van der Waals surface area contributed by atoms with Crippen LogP contribution in [-0.4, -0.2) is 18.9 Å². The topological polar surface area (TPSA) is 43.4 Å². The minimum atomic E-state index is -0.417. The van der Waals surface area contributed by atoms with Crippen LogP contribution in [0.25, 0.3) is 0 Å². The number of cyclic esters (lactones) is 1. The summed E-state index contributed by atoms with van der Waals surface area (Å²) in [6, 6.07) is 7.42. The van der Waals surface area contributed by atoms with Gasteiger partial charge in [0.25, 0.3) is 0 Å². The molecule has 3 rings (SSSR count). The highest BCUT2D eigenvalue weighted by molar-refractivity contribution is 5.81. The second-order valence-corrected chi connectivity index (χ2v) is 5.62. The molecule has 0 spiro atoms. The van der Waals surface area contributed by atoms with Crippen LogP contribution in [0.1, 0.15) is 28.8 Å². The van der Waals surface area contributed by atoms with Crippen molar-refractivity contribution in [1.29, 1.82) is 0 Å². The third-order valence-electron chi connectivity index (χ3n) is 4.34. The summed E-state index contributed by atoms with van der Waals surface area (Å²) in [4.78, 5) is 22.8. The molecule has 1 heterocycles. The number of fused-ring (bicyclic) bond motifs is 1. The van der Waals surface area contributed by atoms with Crippen LogP contribution in [0.5, 0.6) is 0 Å². The number of esters is 1. The molecule has 3 heteroatoms. The van der Waals surface area contributed by atoms with E-state index in [1.807, 2.05) is 12.1 Å². The molecular formula is C16H16O3. The van der Waals surface area contributed by atoms with E-state index in [1.165, 1.54) is 0 Å². The second-order valence-electron chi connectivity index (χ2n) is 5.62. The highest BCUT2D eigenvalue weighted by atomic mass is 16.5. The highest BCUT2D eigenvalue weighted by Gasteiger charge is 2.55. The van der Waals surface area contributed by atoms with Gasteiger partial charge >= 0.3 is 5.97 Å². The molecular weight excluding hydrogens is 240 g/mol. The predicted molar refractivity (Wildman–Crippen MR) is 70.8 cm³/mol. The molecule has 0 bridgehead atoms. The Labute approximate surface area is 112 Å². The van der Waals surface area contributed by atoms with Crippen LogP contribution in [0.2, 0.25) is 0 Å². The van der Waals surface area contributed by atoms with Gasteiger partial charge in [0.2, 0.25) is 0 Å². The average molecular weight is 256 g/mol. The summed E-state index contributed by atoms with van der Waals surface area (Å²) in [5.41, 5.74) is 2.46. The number of hydrogen-bond acceptors (Lipinski definition) is 3. The van der Waals surface area contributed by atoms with Crippen molar-refractivity contribution in [3.8, 4) is 0 Å². The largest absolute Gasteiger partial charge is 0.465 e. The highest BCUT2D eigenvalue weighted by Crippen LogP contribution is 2.52. The zero-order chi connectivity index (χ0) is 13.5. The minimum Gasteiger partial charge on any atom is -0.465 e. The fourth-order valence-corrected chi connectivity index (χ4v) is 3.34. The van der Waals surface area contributed by atoms with Crippen molar-refractivity contribution in [3.63, 3.8) is 0 Å². The van der Waals surface area contributed by atoms with Gasteiger partial charge in [0.05, 0.1) is 12.0 Å². The van der Waals surface area contributed by atoms with E-state index in [1.54, 1.807) is 12.1 Å². The molecule has 1 saturated heterocycles. The molecule has 0 N–H and O–H groups in total. The summed E-state index contributed by atoms with van der Waals surface area (Å²) in [7, 11) is 0. The van der Waals surface area contributed by atoms with Gasteiger partial charge < -0.3 is 4.74 Å². The quantitative estimate of drug-likeness (QED) is 0.474. The number of carbonyl (C=O) groups is 2. The number of hydrogen-bond donors (Lipinski definition) is 0.